The van der Waals surface area contributed by atoms with Gasteiger partial charge in [0.2, 0.25) is 10.0 Å². The number of hydrogen-bond acceptors (Lipinski definition) is 8. The average Bonchev–Trinajstić information content (AvgIpc) is 3.17. The highest BCUT2D eigenvalue weighted by Crippen LogP contribution is 2.34. The van der Waals surface area contributed by atoms with Gasteiger partial charge in [0.1, 0.15) is 10.6 Å². The van der Waals surface area contributed by atoms with Crippen molar-refractivity contribution in [3.05, 3.63) is 51.6 Å². The number of thiophene rings is 1. The molecule has 1 fully saturated rings. The number of carbonyl (C=O) groups excluding carboxylic acids is 2. The average molecular weight is 496 g/mol. The molecule has 1 saturated heterocycles. The van der Waals surface area contributed by atoms with Crippen LogP contribution in [-0.2, 0) is 14.8 Å². The van der Waals surface area contributed by atoms with Crippen molar-refractivity contribution in [2.45, 2.75) is 32.1 Å². The number of carbonyl (C=O) groups is 2. The van der Waals surface area contributed by atoms with Crippen LogP contribution in [0.4, 0.5) is 10.0 Å². The van der Waals surface area contributed by atoms with Crippen molar-refractivity contribution >= 4 is 43.2 Å². The van der Waals surface area contributed by atoms with Crippen LogP contribution >= 0.6 is 11.3 Å². The normalized spacial score (nSPS) is 19.1. The predicted molar refractivity (Wildman–Crippen MR) is 123 cm³/mol. The number of nitrogens with one attached hydrogen (secondary N) is 1. The van der Waals surface area contributed by atoms with Crippen LogP contribution in [0.15, 0.2) is 35.2 Å². The van der Waals surface area contributed by atoms with Gasteiger partial charge in [0.25, 0.3) is 5.91 Å². The highest BCUT2D eigenvalue weighted by atomic mass is 32.2. The number of rotatable bonds is 7. The summed E-state index contributed by atoms with van der Waals surface area (Å²) in [6, 6.07) is 6.50. The third-order valence-corrected chi connectivity index (χ3v) is 8.06. The number of hydrogen-bond donors (Lipinski definition) is 1. The summed E-state index contributed by atoms with van der Waals surface area (Å²) in [6.07, 6.45) is 0.972. The Morgan fingerprint density at radius 3 is 2.36 bits per heavy atom. The molecule has 10 nitrogen and oxygen atoms in total. The molecule has 178 valence electrons. The number of ether oxygens (including phenoxy) is 1. The molecule has 1 aromatic heterocycles. The molecular weight excluding hydrogens is 470 g/mol. The van der Waals surface area contributed by atoms with Crippen LogP contribution in [-0.4, -0.2) is 49.2 Å². The molecule has 3 rings (SSSR count). The number of benzene rings is 1. The maximum atomic E-state index is 13.0. The third kappa shape index (κ3) is 5.57. The molecular formula is C21H25N3O7S2. The molecule has 1 aliphatic rings. The fraction of sp³-hybridized carbons (Fsp3) is 0.429. The van der Waals surface area contributed by atoms with E-state index in [1.165, 1.54) is 28.6 Å². The number of sulfonamides is 1. The molecule has 2 atom stereocenters. The van der Waals surface area contributed by atoms with Gasteiger partial charge in [-0.3, -0.25) is 14.9 Å². The lowest BCUT2D eigenvalue weighted by molar-refractivity contribution is -0.380. The van der Waals surface area contributed by atoms with E-state index < -0.39 is 26.8 Å². The summed E-state index contributed by atoms with van der Waals surface area (Å²) in [5.74, 6) is -0.904. The first kappa shape index (κ1) is 24.8. The monoisotopic (exact) mass is 495 g/mol. The van der Waals surface area contributed by atoms with Crippen molar-refractivity contribution in [2.75, 3.05) is 25.0 Å². The summed E-state index contributed by atoms with van der Waals surface area (Å²) in [4.78, 5) is 35.3. The van der Waals surface area contributed by atoms with Crippen LogP contribution in [0.25, 0.3) is 0 Å². The van der Waals surface area contributed by atoms with Crippen molar-refractivity contribution in [3.8, 4) is 0 Å². The third-order valence-electron chi connectivity index (χ3n) is 5.21. The van der Waals surface area contributed by atoms with Crippen LogP contribution < -0.4 is 5.32 Å². The van der Waals surface area contributed by atoms with Gasteiger partial charge in [-0.15, -0.1) is 0 Å². The Morgan fingerprint density at radius 1 is 1.21 bits per heavy atom. The molecule has 1 N–H and O–H groups in total. The minimum absolute atomic E-state index is 0.0156. The summed E-state index contributed by atoms with van der Waals surface area (Å²) in [7, 11) is -3.69. The zero-order chi connectivity index (χ0) is 24.3. The van der Waals surface area contributed by atoms with Gasteiger partial charge in [0.05, 0.1) is 16.4 Å². The molecule has 0 bridgehead atoms. The van der Waals surface area contributed by atoms with Gasteiger partial charge in [-0.05, 0) is 60.8 Å². The summed E-state index contributed by atoms with van der Waals surface area (Å²) >= 11 is 0.637. The maximum Gasteiger partial charge on any atom is 0.341 e. The van der Waals surface area contributed by atoms with Crippen molar-refractivity contribution < 1.29 is 27.7 Å². The quantitative estimate of drug-likeness (QED) is 0.351. The van der Waals surface area contributed by atoms with Crippen molar-refractivity contribution in [1.82, 2.24) is 4.31 Å². The van der Waals surface area contributed by atoms with Gasteiger partial charge in [0.15, 0.2) is 0 Å². The van der Waals surface area contributed by atoms with E-state index in [2.05, 4.69) is 5.32 Å². The second kappa shape index (κ2) is 9.98. The summed E-state index contributed by atoms with van der Waals surface area (Å²) < 4.78 is 32.4. The number of nitrogens with zero attached hydrogens (tertiary/aromatic N) is 2. The smallest absolute Gasteiger partial charge is 0.341 e. The van der Waals surface area contributed by atoms with E-state index in [9.17, 15) is 28.1 Å². The molecule has 2 heterocycles. The first-order chi connectivity index (χ1) is 15.5. The molecule has 1 amide bonds. The molecule has 12 heteroatoms. The van der Waals surface area contributed by atoms with Crippen LogP contribution in [0, 0.1) is 22.0 Å². The lowest BCUT2D eigenvalue weighted by Crippen LogP contribution is -2.42. The second-order valence-corrected chi connectivity index (χ2v) is 11.0. The topological polar surface area (TPSA) is 136 Å². The summed E-state index contributed by atoms with van der Waals surface area (Å²) in [5.41, 5.74) is 0.0228. The van der Waals surface area contributed by atoms with Crippen LogP contribution in [0.3, 0.4) is 0 Å². The van der Waals surface area contributed by atoms with E-state index in [0.717, 1.165) is 12.5 Å². The van der Waals surface area contributed by atoms with E-state index in [4.69, 9.17) is 4.74 Å². The zero-order valence-electron chi connectivity index (χ0n) is 18.4. The first-order valence-corrected chi connectivity index (χ1v) is 12.7. The molecule has 1 aliphatic heterocycles. The highest BCUT2D eigenvalue weighted by Gasteiger charge is 2.32. The van der Waals surface area contributed by atoms with Gasteiger partial charge in [-0.2, -0.15) is 4.31 Å². The minimum atomic E-state index is -3.69. The van der Waals surface area contributed by atoms with Crippen molar-refractivity contribution in [1.29, 1.82) is 0 Å². The molecule has 0 radical (unpaired) electrons. The molecule has 33 heavy (non-hydrogen) atoms. The van der Waals surface area contributed by atoms with E-state index in [1.54, 1.807) is 6.92 Å². The maximum absolute atomic E-state index is 13.0. The van der Waals surface area contributed by atoms with Crippen LogP contribution in [0.5, 0.6) is 0 Å². The van der Waals surface area contributed by atoms with Gasteiger partial charge < -0.3 is 10.1 Å². The van der Waals surface area contributed by atoms with Gasteiger partial charge in [0, 0.05) is 24.7 Å². The lowest BCUT2D eigenvalue weighted by atomic mass is 9.94. The Bertz CT molecular complexity index is 1150. The second-order valence-electron chi connectivity index (χ2n) is 8.05. The van der Waals surface area contributed by atoms with E-state index in [-0.39, 0.29) is 44.5 Å². The molecule has 0 unspecified atom stereocenters. The zero-order valence-corrected chi connectivity index (χ0v) is 20.1. The van der Waals surface area contributed by atoms with Crippen LogP contribution in [0.2, 0.25) is 0 Å². The molecule has 0 aliphatic carbocycles. The van der Waals surface area contributed by atoms with Crippen molar-refractivity contribution in [2.24, 2.45) is 11.8 Å². The first-order valence-electron chi connectivity index (χ1n) is 10.4. The Balaban J connectivity index is 1.80. The molecule has 1 aromatic carbocycles. The largest absolute Gasteiger partial charge is 0.462 e. The Morgan fingerprint density at radius 2 is 1.82 bits per heavy atom. The van der Waals surface area contributed by atoms with E-state index >= 15 is 0 Å². The minimum Gasteiger partial charge on any atom is -0.462 e. The van der Waals surface area contributed by atoms with Crippen LogP contribution in [0.1, 0.15) is 47.9 Å². The number of esters is 1. The summed E-state index contributed by atoms with van der Waals surface area (Å²) in [6.45, 7) is 6.60. The molecule has 0 saturated carbocycles. The van der Waals surface area contributed by atoms with Gasteiger partial charge in [-0.1, -0.05) is 13.8 Å². The fourth-order valence-corrected chi connectivity index (χ4v) is 6.36. The molecule has 2 aromatic rings. The number of anilines is 1. The number of nitro groups is 1. The van der Waals surface area contributed by atoms with Crippen molar-refractivity contribution in [3.63, 3.8) is 0 Å². The van der Waals surface area contributed by atoms with Gasteiger partial charge in [-0.25, -0.2) is 13.2 Å². The van der Waals surface area contributed by atoms with Gasteiger partial charge >= 0.3 is 11.0 Å². The Hall–Kier alpha value is -2.83. The fourth-order valence-electron chi connectivity index (χ4n) is 3.83. The molecule has 0 spiro atoms. The predicted octanol–water partition coefficient (Wildman–Crippen LogP) is 3.75. The standard InChI is InChI=1S/C21H25N3O7S2/c1-4-31-21(26)17-10-18(24(27)28)32-20(17)22-19(25)15-5-7-16(8-6-15)33(29,30)23-11-13(2)9-14(3)12-23/h5-8,10,13-14H,4,9,11-12H2,1-3H3,(H,22,25)/t13-,14-/m1/s1. The van der Waals surface area contributed by atoms with E-state index in [1.807, 2.05) is 13.8 Å². The lowest BCUT2D eigenvalue weighted by Gasteiger charge is -2.34. The SMILES string of the molecule is CCOC(=O)c1cc([N+](=O)[O-])sc1NC(=O)c1ccc(S(=O)(=O)N2C[C@H](C)C[C@@H](C)C2)cc1. The Labute approximate surface area is 195 Å². The Kier molecular flexibility index (Phi) is 7.50. The number of piperidine rings is 1. The number of amides is 1. The highest BCUT2D eigenvalue weighted by molar-refractivity contribution is 7.89. The van der Waals surface area contributed by atoms with E-state index in [0.29, 0.717) is 24.4 Å². The summed E-state index contributed by atoms with van der Waals surface area (Å²) in [5, 5.41) is 13.2.